The van der Waals surface area contributed by atoms with Gasteiger partial charge in [0.2, 0.25) is 0 Å². The van der Waals surface area contributed by atoms with E-state index in [0.29, 0.717) is 11.6 Å². The highest BCUT2D eigenvalue weighted by Crippen LogP contribution is 2.34. The highest BCUT2D eigenvalue weighted by molar-refractivity contribution is 6.31. The van der Waals surface area contributed by atoms with Crippen LogP contribution in [0.3, 0.4) is 0 Å². The van der Waals surface area contributed by atoms with E-state index in [1.165, 1.54) is 6.34 Å². The number of hydrogen-bond acceptors (Lipinski definition) is 4. The molecule has 5 nitrogen and oxygen atoms in total. The third-order valence-electron chi connectivity index (χ3n) is 3.81. The van der Waals surface area contributed by atoms with E-state index in [1.807, 2.05) is 36.4 Å². The number of anilines is 1. The second-order valence-electron chi connectivity index (χ2n) is 5.37. The molecule has 0 fully saturated rings. The molecule has 0 atom stereocenters. The van der Waals surface area contributed by atoms with E-state index in [4.69, 9.17) is 27.1 Å². The first-order valence-electron chi connectivity index (χ1n) is 7.74. The molecule has 3 rings (SSSR count). The number of pyridine rings is 1. The van der Waals surface area contributed by atoms with Gasteiger partial charge in [0, 0.05) is 28.9 Å². The zero-order valence-corrected chi connectivity index (χ0v) is 14.2. The Hall–Kier alpha value is -2.53. The molecule has 0 saturated heterocycles. The van der Waals surface area contributed by atoms with E-state index < -0.39 is 0 Å². The van der Waals surface area contributed by atoms with Crippen LogP contribution in [0.4, 0.5) is 5.69 Å². The van der Waals surface area contributed by atoms with E-state index in [9.17, 15) is 0 Å². The number of benzene rings is 2. The number of ether oxygens (including phenoxy) is 1. The van der Waals surface area contributed by atoms with E-state index >= 15 is 0 Å². The lowest BCUT2D eigenvalue weighted by Gasteiger charge is -2.14. The lowest BCUT2D eigenvalue weighted by Crippen LogP contribution is -2.05. The number of nitrogens with one attached hydrogen (secondary N) is 1. The van der Waals surface area contributed by atoms with Crippen molar-refractivity contribution < 1.29 is 4.74 Å². The third kappa shape index (κ3) is 3.36. The fourth-order valence-electron chi connectivity index (χ4n) is 2.67. The highest BCUT2D eigenvalue weighted by Gasteiger charge is 2.10. The monoisotopic (exact) mass is 342 g/mol. The van der Waals surface area contributed by atoms with Crippen LogP contribution in [0, 0.1) is 0 Å². The third-order valence-corrected chi connectivity index (χ3v) is 4.05. The number of nitrogens with zero attached hydrogens (tertiary/aromatic N) is 2. The molecule has 0 aliphatic rings. The number of aliphatic imine (C=N–C) groups is 1. The fraction of sp³-hybridized carbons (Fsp3) is 0.222. The van der Waals surface area contributed by atoms with Crippen molar-refractivity contribution in [2.75, 3.05) is 25.5 Å². The summed E-state index contributed by atoms with van der Waals surface area (Å²) in [7, 11) is 1.66. The summed E-state index contributed by atoms with van der Waals surface area (Å²) in [4.78, 5) is 8.74. The molecule has 0 radical (unpaired) electrons. The number of hydrogen-bond donors (Lipinski definition) is 2. The molecule has 0 spiro atoms. The summed E-state index contributed by atoms with van der Waals surface area (Å²) in [6, 6.07) is 11.6. The Kier molecular flexibility index (Phi) is 5.01. The van der Waals surface area contributed by atoms with Gasteiger partial charge in [-0.1, -0.05) is 11.6 Å². The molecule has 2 aromatic carbocycles. The van der Waals surface area contributed by atoms with Crippen LogP contribution in [0.15, 0.2) is 41.4 Å². The lowest BCUT2D eigenvalue weighted by molar-refractivity contribution is 0.415. The SMILES string of the molecule is COc1ccc2nc3cc(Cl)ccc3c(NCCCN=CN)c2c1. The maximum atomic E-state index is 6.12. The Labute approximate surface area is 145 Å². The lowest BCUT2D eigenvalue weighted by atomic mass is 10.1. The van der Waals surface area contributed by atoms with Crippen molar-refractivity contribution in [3.63, 3.8) is 0 Å². The predicted molar refractivity (Wildman–Crippen MR) is 101 cm³/mol. The predicted octanol–water partition coefficient (Wildman–Crippen LogP) is 3.84. The number of halogens is 1. The van der Waals surface area contributed by atoms with Crippen molar-refractivity contribution in [2.24, 2.45) is 10.7 Å². The van der Waals surface area contributed by atoms with Crippen molar-refractivity contribution in [3.8, 4) is 5.75 Å². The van der Waals surface area contributed by atoms with Crippen molar-refractivity contribution in [1.29, 1.82) is 0 Å². The largest absolute Gasteiger partial charge is 0.497 e. The summed E-state index contributed by atoms with van der Waals surface area (Å²) in [5, 5.41) is 6.23. The van der Waals surface area contributed by atoms with E-state index in [0.717, 1.165) is 46.2 Å². The van der Waals surface area contributed by atoms with Crippen LogP contribution in [0.25, 0.3) is 21.8 Å². The van der Waals surface area contributed by atoms with Gasteiger partial charge in [0.25, 0.3) is 0 Å². The summed E-state index contributed by atoms with van der Waals surface area (Å²) in [6.45, 7) is 1.48. The molecule has 0 saturated carbocycles. The molecular weight excluding hydrogens is 324 g/mol. The minimum atomic E-state index is 0.672. The average molecular weight is 343 g/mol. The zero-order valence-electron chi connectivity index (χ0n) is 13.4. The molecule has 1 heterocycles. The molecule has 3 aromatic rings. The Morgan fingerprint density at radius 1 is 1.21 bits per heavy atom. The van der Waals surface area contributed by atoms with Crippen LogP contribution in [0.5, 0.6) is 5.75 Å². The number of rotatable bonds is 6. The van der Waals surface area contributed by atoms with Gasteiger partial charge in [-0.25, -0.2) is 4.98 Å². The van der Waals surface area contributed by atoms with Crippen LogP contribution < -0.4 is 15.8 Å². The van der Waals surface area contributed by atoms with Gasteiger partial charge in [-0.15, -0.1) is 0 Å². The fourth-order valence-corrected chi connectivity index (χ4v) is 2.84. The maximum Gasteiger partial charge on any atom is 0.119 e. The quantitative estimate of drug-likeness (QED) is 0.309. The second kappa shape index (κ2) is 7.36. The average Bonchev–Trinajstić information content (AvgIpc) is 2.60. The molecule has 6 heteroatoms. The summed E-state index contributed by atoms with van der Waals surface area (Å²) in [5.74, 6) is 0.799. The molecule has 0 unspecified atom stereocenters. The Balaban J connectivity index is 2.08. The van der Waals surface area contributed by atoms with Gasteiger partial charge in [0.05, 0.1) is 30.2 Å². The second-order valence-corrected chi connectivity index (χ2v) is 5.80. The maximum absolute atomic E-state index is 6.12. The van der Waals surface area contributed by atoms with Crippen LogP contribution in [-0.2, 0) is 0 Å². The van der Waals surface area contributed by atoms with Gasteiger partial charge >= 0.3 is 0 Å². The minimum Gasteiger partial charge on any atom is -0.497 e. The Morgan fingerprint density at radius 2 is 2.08 bits per heavy atom. The molecule has 124 valence electrons. The van der Waals surface area contributed by atoms with Gasteiger partial charge in [-0.2, -0.15) is 0 Å². The van der Waals surface area contributed by atoms with Crippen molar-refractivity contribution in [1.82, 2.24) is 4.98 Å². The van der Waals surface area contributed by atoms with E-state index in [2.05, 4.69) is 10.3 Å². The van der Waals surface area contributed by atoms with Gasteiger partial charge in [-0.3, -0.25) is 4.99 Å². The van der Waals surface area contributed by atoms with Crippen LogP contribution in [0.1, 0.15) is 6.42 Å². The van der Waals surface area contributed by atoms with Crippen LogP contribution in [-0.4, -0.2) is 31.5 Å². The smallest absolute Gasteiger partial charge is 0.119 e. The van der Waals surface area contributed by atoms with Crippen molar-refractivity contribution in [3.05, 3.63) is 41.4 Å². The van der Waals surface area contributed by atoms with Crippen molar-refractivity contribution >= 4 is 45.4 Å². The van der Waals surface area contributed by atoms with Crippen LogP contribution >= 0.6 is 11.6 Å². The zero-order chi connectivity index (χ0) is 16.9. The van der Waals surface area contributed by atoms with E-state index in [-0.39, 0.29) is 0 Å². The van der Waals surface area contributed by atoms with Gasteiger partial charge < -0.3 is 15.8 Å². The summed E-state index contributed by atoms with van der Waals surface area (Å²) in [6.07, 6.45) is 2.22. The van der Waals surface area contributed by atoms with E-state index in [1.54, 1.807) is 7.11 Å². The topological polar surface area (TPSA) is 72.5 Å². The number of methoxy groups -OCH3 is 1. The summed E-state index contributed by atoms with van der Waals surface area (Å²) >= 11 is 6.12. The molecule has 1 aromatic heterocycles. The number of nitrogens with two attached hydrogens (primary N) is 1. The van der Waals surface area contributed by atoms with Gasteiger partial charge in [-0.05, 0) is 42.8 Å². The van der Waals surface area contributed by atoms with Crippen molar-refractivity contribution in [2.45, 2.75) is 6.42 Å². The molecule has 0 amide bonds. The molecule has 0 aliphatic heterocycles. The van der Waals surface area contributed by atoms with Gasteiger partial charge in [0.1, 0.15) is 5.75 Å². The Bertz CT molecular complexity index is 895. The normalized spacial score (nSPS) is 11.4. The highest BCUT2D eigenvalue weighted by atomic mass is 35.5. The molecule has 0 aliphatic carbocycles. The molecular formula is C18H19ClN4O. The first kappa shape index (κ1) is 16.3. The number of fused-ring (bicyclic) bond motifs is 2. The Morgan fingerprint density at radius 3 is 2.88 bits per heavy atom. The first-order chi connectivity index (χ1) is 11.7. The summed E-state index contributed by atoms with van der Waals surface area (Å²) < 4.78 is 5.36. The standard InChI is InChI=1S/C18H19ClN4O/c1-24-13-4-6-16-15(10-13)18(22-8-2-7-21-11-20)14-5-3-12(19)9-17(14)23-16/h3-6,9-11H,2,7-8H2,1H3,(H2,20,21)(H,22,23). The molecule has 3 N–H and O–H groups in total. The number of aromatic nitrogens is 1. The molecule has 24 heavy (non-hydrogen) atoms. The molecule has 0 bridgehead atoms. The summed E-state index contributed by atoms with van der Waals surface area (Å²) in [5.41, 5.74) is 8.06. The van der Waals surface area contributed by atoms with Gasteiger partial charge in [0.15, 0.2) is 0 Å². The first-order valence-corrected chi connectivity index (χ1v) is 8.11. The van der Waals surface area contributed by atoms with Crippen LogP contribution in [0.2, 0.25) is 5.02 Å². The minimum absolute atomic E-state index is 0.672.